The van der Waals surface area contributed by atoms with Crippen molar-refractivity contribution < 1.29 is 28.5 Å². The number of hydrogen-bond acceptors (Lipinski definition) is 7. The third kappa shape index (κ3) is 6.69. The number of amides is 1. The van der Waals surface area contributed by atoms with Gasteiger partial charge in [-0.05, 0) is 29.8 Å². The van der Waals surface area contributed by atoms with E-state index >= 15 is 0 Å². The maximum Gasteiger partial charge on any atom is 0.343 e. The van der Waals surface area contributed by atoms with E-state index in [1.165, 1.54) is 20.4 Å². The largest absolute Gasteiger partial charge is 0.493 e. The van der Waals surface area contributed by atoms with Crippen LogP contribution in [0.1, 0.15) is 5.56 Å². The summed E-state index contributed by atoms with van der Waals surface area (Å²) in [5.74, 6) is 0.592. The zero-order valence-corrected chi connectivity index (χ0v) is 15.0. The van der Waals surface area contributed by atoms with Gasteiger partial charge in [0.2, 0.25) is 0 Å². The number of nitrogens with one attached hydrogen (secondary N) is 1. The number of methoxy groups -OCH3 is 2. The van der Waals surface area contributed by atoms with Crippen LogP contribution >= 0.6 is 0 Å². The first-order chi connectivity index (χ1) is 13.1. The molecular weight excluding hydrogens is 352 g/mol. The molecule has 0 spiro atoms. The van der Waals surface area contributed by atoms with Crippen molar-refractivity contribution in [3.05, 3.63) is 54.1 Å². The molecule has 8 heteroatoms. The Labute approximate surface area is 156 Å². The summed E-state index contributed by atoms with van der Waals surface area (Å²) in [6, 6.07) is 13.9. The fraction of sp³-hybridized carbons (Fsp3) is 0.211. The SMILES string of the molecule is COC(=O)COc1cccc(/C=N\NC(=O)COc2ccccc2OC)c1. The second-order valence-electron chi connectivity index (χ2n) is 5.17. The van der Waals surface area contributed by atoms with Gasteiger partial charge in [0.05, 0.1) is 20.4 Å². The molecule has 0 unspecified atom stereocenters. The lowest BCUT2D eigenvalue weighted by Crippen LogP contribution is -2.24. The van der Waals surface area contributed by atoms with Crippen LogP contribution < -0.4 is 19.6 Å². The van der Waals surface area contributed by atoms with Gasteiger partial charge in [-0.3, -0.25) is 4.79 Å². The Morgan fingerprint density at radius 3 is 2.52 bits per heavy atom. The van der Waals surface area contributed by atoms with Crippen molar-refractivity contribution >= 4 is 18.1 Å². The van der Waals surface area contributed by atoms with Crippen molar-refractivity contribution in [2.75, 3.05) is 27.4 Å². The fourth-order valence-corrected chi connectivity index (χ4v) is 1.98. The van der Waals surface area contributed by atoms with Crippen LogP contribution in [0, 0.1) is 0 Å². The summed E-state index contributed by atoms with van der Waals surface area (Å²) in [6.07, 6.45) is 1.45. The van der Waals surface area contributed by atoms with E-state index in [9.17, 15) is 9.59 Å². The maximum atomic E-state index is 11.8. The van der Waals surface area contributed by atoms with Gasteiger partial charge in [-0.25, -0.2) is 10.2 Å². The zero-order valence-electron chi connectivity index (χ0n) is 15.0. The van der Waals surface area contributed by atoms with Crippen LogP contribution in [0.25, 0.3) is 0 Å². The number of carbonyl (C=O) groups excluding carboxylic acids is 2. The Morgan fingerprint density at radius 2 is 1.78 bits per heavy atom. The molecule has 0 saturated carbocycles. The number of hydrogen-bond donors (Lipinski definition) is 1. The molecule has 2 aromatic carbocycles. The smallest absolute Gasteiger partial charge is 0.343 e. The van der Waals surface area contributed by atoms with Crippen LogP contribution in [-0.4, -0.2) is 45.5 Å². The topological polar surface area (TPSA) is 95.5 Å². The first kappa shape index (κ1) is 19.8. The molecule has 1 amide bonds. The lowest BCUT2D eigenvalue weighted by Gasteiger charge is -2.09. The highest BCUT2D eigenvalue weighted by Gasteiger charge is 2.06. The summed E-state index contributed by atoms with van der Waals surface area (Å²) in [4.78, 5) is 22.9. The number of esters is 1. The summed E-state index contributed by atoms with van der Waals surface area (Å²) in [6.45, 7) is -0.395. The van der Waals surface area contributed by atoms with Crippen LogP contribution in [0.3, 0.4) is 0 Å². The standard InChI is InChI=1S/C19H20N2O6/c1-24-16-8-3-4-9-17(16)27-12-18(22)21-20-11-14-6-5-7-15(10-14)26-13-19(23)25-2/h3-11H,12-13H2,1-2H3,(H,21,22)/b20-11-. The highest BCUT2D eigenvalue weighted by molar-refractivity contribution is 5.83. The third-order valence-corrected chi connectivity index (χ3v) is 3.27. The van der Waals surface area contributed by atoms with Crippen LogP contribution in [0.4, 0.5) is 0 Å². The molecule has 8 nitrogen and oxygen atoms in total. The molecule has 1 N–H and O–H groups in total. The Morgan fingerprint density at radius 1 is 1.00 bits per heavy atom. The number of hydrazone groups is 1. The Hall–Kier alpha value is -3.55. The molecule has 0 aliphatic carbocycles. The number of ether oxygens (including phenoxy) is 4. The first-order valence-corrected chi connectivity index (χ1v) is 7.99. The van der Waals surface area contributed by atoms with E-state index < -0.39 is 11.9 Å². The average Bonchev–Trinajstić information content (AvgIpc) is 2.71. The fourth-order valence-electron chi connectivity index (χ4n) is 1.98. The van der Waals surface area contributed by atoms with E-state index in [1.807, 2.05) is 0 Å². The molecule has 0 bridgehead atoms. The summed E-state index contributed by atoms with van der Waals surface area (Å²) >= 11 is 0. The number of benzene rings is 2. The molecule has 0 heterocycles. The van der Waals surface area contributed by atoms with Crippen LogP contribution in [0.5, 0.6) is 17.2 Å². The van der Waals surface area contributed by atoms with Gasteiger partial charge in [0.25, 0.3) is 5.91 Å². The highest BCUT2D eigenvalue weighted by atomic mass is 16.6. The van der Waals surface area contributed by atoms with E-state index in [-0.39, 0.29) is 13.2 Å². The summed E-state index contributed by atoms with van der Waals surface area (Å²) in [5.41, 5.74) is 3.05. The number of rotatable bonds is 9. The van der Waals surface area contributed by atoms with Crippen molar-refractivity contribution in [1.29, 1.82) is 0 Å². The van der Waals surface area contributed by atoms with Gasteiger partial charge in [0.1, 0.15) is 5.75 Å². The summed E-state index contributed by atoms with van der Waals surface area (Å²) in [7, 11) is 2.81. The summed E-state index contributed by atoms with van der Waals surface area (Å²) in [5, 5.41) is 3.87. The molecule has 0 aliphatic heterocycles. The lowest BCUT2D eigenvalue weighted by atomic mass is 10.2. The Kier molecular flexibility index (Phi) is 7.65. The van der Waals surface area contributed by atoms with Gasteiger partial charge in [0, 0.05) is 0 Å². The van der Waals surface area contributed by atoms with Crippen molar-refractivity contribution in [1.82, 2.24) is 5.43 Å². The minimum Gasteiger partial charge on any atom is -0.493 e. The molecule has 2 aromatic rings. The van der Waals surface area contributed by atoms with Gasteiger partial charge in [-0.1, -0.05) is 24.3 Å². The molecular formula is C19H20N2O6. The molecule has 0 aromatic heterocycles. The van der Waals surface area contributed by atoms with Crippen LogP contribution in [0.2, 0.25) is 0 Å². The average molecular weight is 372 g/mol. The predicted molar refractivity (Wildman–Crippen MR) is 98.2 cm³/mol. The Bertz CT molecular complexity index is 806. The molecule has 0 aliphatic rings. The van der Waals surface area contributed by atoms with Crippen LogP contribution in [0.15, 0.2) is 53.6 Å². The van der Waals surface area contributed by atoms with Gasteiger partial charge in [-0.15, -0.1) is 0 Å². The van der Waals surface area contributed by atoms with Gasteiger partial charge in [0.15, 0.2) is 24.7 Å². The zero-order chi connectivity index (χ0) is 19.5. The van der Waals surface area contributed by atoms with Crippen molar-refractivity contribution in [3.8, 4) is 17.2 Å². The van der Waals surface area contributed by atoms with Gasteiger partial charge < -0.3 is 18.9 Å². The lowest BCUT2D eigenvalue weighted by molar-refractivity contribution is -0.142. The van der Waals surface area contributed by atoms with E-state index in [1.54, 1.807) is 48.5 Å². The van der Waals surface area contributed by atoms with Crippen molar-refractivity contribution in [3.63, 3.8) is 0 Å². The molecule has 27 heavy (non-hydrogen) atoms. The second kappa shape index (κ2) is 10.4. The minimum absolute atomic E-state index is 0.186. The number of para-hydroxylation sites is 2. The van der Waals surface area contributed by atoms with Gasteiger partial charge >= 0.3 is 5.97 Å². The molecule has 0 atom stereocenters. The van der Waals surface area contributed by atoms with E-state index in [4.69, 9.17) is 14.2 Å². The monoisotopic (exact) mass is 372 g/mol. The number of nitrogens with zero attached hydrogens (tertiary/aromatic N) is 1. The van der Waals surface area contributed by atoms with E-state index in [0.29, 0.717) is 22.8 Å². The number of carbonyl (C=O) groups is 2. The summed E-state index contributed by atoms with van der Waals surface area (Å²) < 4.78 is 20.3. The third-order valence-electron chi connectivity index (χ3n) is 3.27. The minimum atomic E-state index is -0.476. The molecule has 0 fully saturated rings. The molecule has 142 valence electrons. The predicted octanol–water partition coefficient (Wildman–Crippen LogP) is 1.78. The van der Waals surface area contributed by atoms with Crippen molar-refractivity contribution in [2.24, 2.45) is 5.10 Å². The van der Waals surface area contributed by atoms with E-state index in [2.05, 4.69) is 15.3 Å². The van der Waals surface area contributed by atoms with Crippen molar-refractivity contribution in [2.45, 2.75) is 0 Å². The molecule has 2 rings (SSSR count). The quantitative estimate of drug-likeness (QED) is 0.410. The normalized spacial score (nSPS) is 10.3. The van der Waals surface area contributed by atoms with Crippen LogP contribution in [-0.2, 0) is 14.3 Å². The maximum absolute atomic E-state index is 11.8. The molecule has 0 radical (unpaired) electrons. The molecule has 0 saturated heterocycles. The van der Waals surface area contributed by atoms with Gasteiger partial charge in [-0.2, -0.15) is 5.10 Å². The highest BCUT2D eigenvalue weighted by Crippen LogP contribution is 2.25. The van der Waals surface area contributed by atoms with E-state index in [0.717, 1.165) is 0 Å². The first-order valence-electron chi connectivity index (χ1n) is 7.99. The Balaban J connectivity index is 1.82. The second-order valence-corrected chi connectivity index (χ2v) is 5.17.